The van der Waals surface area contributed by atoms with Gasteiger partial charge in [0, 0.05) is 47.4 Å². The van der Waals surface area contributed by atoms with E-state index in [0.29, 0.717) is 10.9 Å². The van der Waals surface area contributed by atoms with Crippen molar-refractivity contribution in [1.82, 2.24) is 15.0 Å². The number of nitrogens with one attached hydrogen (secondary N) is 1. The summed E-state index contributed by atoms with van der Waals surface area (Å²) in [5.74, 6) is -0.484. The van der Waals surface area contributed by atoms with E-state index < -0.39 is 48.5 Å². The Labute approximate surface area is 205 Å². The van der Waals surface area contributed by atoms with Crippen LogP contribution in [0.4, 0.5) is 11.4 Å². The average molecular weight is 506 g/mol. The first-order chi connectivity index (χ1) is 17.6. The van der Waals surface area contributed by atoms with Gasteiger partial charge in [-0.3, -0.25) is 45.9 Å². The van der Waals surface area contributed by atoms with Crippen LogP contribution in [0.25, 0.3) is 10.9 Å². The number of para-hydroxylation sites is 1. The molecule has 1 atom stereocenters. The summed E-state index contributed by atoms with van der Waals surface area (Å²) >= 11 is 0. The number of nitro benzene ring substituents is 2. The zero-order valence-corrected chi connectivity index (χ0v) is 18.7. The molecule has 5 rings (SSSR count). The molecule has 0 spiro atoms. The Morgan fingerprint density at radius 2 is 1.54 bits per heavy atom. The van der Waals surface area contributed by atoms with Crippen LogP contribution in [0.2, 0.25) is 0 Å². The van der Waals surface area contributed by atoms with E-state index in [4.69, 9.17) is 0 Å². The number of allylic oxidation sites excluding steroid dienone is 1. The van der Waals surface area contributed by atoms with Crippen LogP contribution < -0.4 is 5.43 Å². The standard InChI is InChI=1S/C21H14N8O8/c1-24-10-15(14-4-2-3-5-16(14)24)19-17(28(34)35)9-18(29(36)37)21-22-20(23-25(19)21)11-6-12(26(30)31)8-13(7-11)27(32)33/h2-10,19H,1H3,(H,22,23). The summed E-state index contributed by atoms with van der Waals surface area (Å²) in [6.45, 7) is 0. The van der Waals surface area contributed by atoms with E-state index in [1.807, 2.05) is 0 Å². The molecular formula is C21H14N8O8. The molecule has 0 amide bonds. The molecule has 37 heavy (non-hydrogen) atoms. The van der Waals surface area contributed by atoms with Crippen molar-refractivity contribution >= 4 is 28.1 Å². The lowest BCUT2D eigenvalue weighted by molar-refractivity contribution is -0.445. The highest BCUT2D eigenvalue weighted by Crippen LogP contribution is 2.42. The number of hydrogen-bond donors (Lipinski definition) is 1. The lowest BCUT2D eigenvalue weighted by Gasteiger charge is -2.29. The minimum atomic E-state index is -1.20. The first-order valence-corrected chi connectivity index (χ1v) is 10.4. The molecule has 186 valence electrons. The fourth-order valence-electron chi connectivity index (χ4n) is 4.38. The summed E-state index contributed by atoms with van der Waals surface area (Å²) < 4.78 is 1.75. The van der Waals surface area contributed by atoms with E-state index in [9.17, 15) is 40.5 Å². The molecular weight excluding hydrogens is 492 g/mol. The Hall–Kier alpha value is -5.67. The van der Waals surface area contributed by atoms with Crippen LogP contribution in [0.1, 0.15) is 17.2 Å². The Balaban J connectivity index is 1.72. The molecule has 0 radical (unpaired) electrons. The summed E-state index contributed by atoms with van der Waals surface area (Å²) in [6, 6.07) is 8.67. The van der Waals surface area contributed by atoms with Gasteiger partial charge in [-0.2, -0.15) is 0 Å². The first kappa shape index (κ1) is 23.1. The van der Waals surface area contributed by atoms with Gasteiger partial charge in [-0.15, -0.1) is 0 Å². The van der Waals surface area contributed by atoms with Gasteiger partial charge in [0.15, 0.2) is 11.9 Å². The number of aryl methyl sites for hydroxylation is 1. The van der Waals surface area contributed by atoms with Crippen LogP contribution in [0, 0.1) is 40.5 Å². The van der Waals surface area contributed by atoms with Gasteiger partial charge in [0.25, 0.3) is 17.1 Å². The third kappa shape index (κ3) is 3.68. The minimum absolute atomic E-state index is 0.107. The van der Waals surface area contributed by atoms with Gasteiger partial charge in [-0.05, 0) is 6.07 Å². The summed E-state index contributed by atoms with van der Waals surface area (Å²) in [7, 11) is 1.74. The molecule has 0 fully saturated rings. The summed E-state index contributed by atoms with van der Waals surface area (Å²) in [5, 5.41) is 48.4. The maximum atomic E-state index is 12.1. The maximum Gasteiger partial charge on any atom is 0.319 e. The normalized spacial score (nSPS) is 16.7. The molecule has 3 aromatic rings. The van der Waals surface area contributed by atoms with Crippen molar-refractivity contribution in [3.8, 4) is 0 Å². The van der Waals surface area contributed by atoms with Gasteiger partial charge in [-0.25, -0.2) is 10.0 Å². The number of aliphatic imine (C=N–C) groups is 1. The van der Waals surface area contributed by atoms with E-state index in [0.717, 1.165) is 34.8 Å². The number of non-ortho nitro benzene ring substituents is 2. The smallest absolute Gasteiger partial charge is 0.319 e. The van der Waals surface area contributed by atoms with Crippen molar-refractivity contribution < 1.29 is 19.7 Å². The van der Waals surface area contributed by atoms with Crippen molar-refractivity contribution in [3.05, 3.63) is 124 Å². The van der Waals surface area contributed by atoms with Gasteiger partial charge < -0.3 is 4.57 Å². The third-order valence-corrected chi connectivity index (χ3v) is 5.95. The van der Waals surface area contributed by atoms with Crippen LogP contribution in [0.5, 0.6) is 0 Å². The number of amidine groups is 1. The van der Waals surface area contributed by atoms with Crippen LogP contribution >= 0.6 is 0 Å². The molecule has 1 unspecified atom stereocenters. The fourth-order valence-corrected chi connectivity index (χ4v) is 4.38. The Kier molecular flexibility index (Phi) is 5.13. The van der Waals surface area contributed by atoms with Gasteiger partial charge in [0.2, 0.25) is 5.82 Å². The van der Waals surface area contributed by atoms with E-state index in [1.54, 1.807) is 42.1 Å². The second-order valence-corrected chi connectivity index (χ2v) is 8.10. The number of rotatable bonds is 6. The highest BCUT2D eigenvalue weighted by atomic mass is 16.6. The molecule has 1 N–H and O–H groups in total. The molecule has 2 aliphatic rings. The van der Waals surface area contributed by atoms with Gasteiger partial charge in [0.05, 0.1) is 31.8 Å². The second kappa shape index (κ2) is 8.22. The van der Waals surface area contributed by atoms with Crippen molar-refractivity contribution in [2.75, 3.05) is 0 Å². The molecule has 3 heterocycles. The van der Waals surface area contributed by atoms with E-state index in [-0.39, 0.29) is 17.2 Å². The summed E-state index contributed by atoms with van der Waals surface area (Å²) in [6.07, 6.45) is 2.47. The lowest BCUT2D eigenvalue weighted by Crippen LogP contribution is -2.42. The number of hydrazine groups is 1. The fraction of sp³-hybridized carbons (Fsp3) is 0.0952. The molecule has 0 aliphatic carbocycles. The molecule has 2 aliphatic heterocycles. The van der Waals surface area contributed by atoms with E-state index in [2.05, 4.69) is 10.4 Å². The van der Waals surface area contributed by atoms with Crippen molar-refractivity contribution in [2.24, 2.45) is 12.0 Å². The van der Waals surface area contributed by atoms with Crippen molar-refractivity contribution in [1.29, 1.82) is 0 Å². The van der Waals surface area contributed by atoms with Crippen molar-refractivity contribution in [3.63, 3.8) is 0 Å². The molecule has 1 aromatic heterocycles. The molecule has 16 heteroatoms. The Morgan fingerprint density at radius 1 is 0.892 bits per heavy atom. The number of nitro groups is 4. The van der Waals surface area contributed by atoms with E-state index >= 15 is 0 Å². The van der Waals surface area contributed by atoms with Crippen LogP contribution in [-0.4, -0.2) is 35.1 Å². The third-order valence-electron chi connectivity index (χ3n) is 5.95. The Morgan fingerprint density at radius 3 is 2.14 bits per heavy atom. The molecule has 2 aromatic carbocycles. The number of hydrogen-bond acceptors (Lipinski definition) is 11. The molecule has 16 nitrogen and oxygen atoms in total. The number of nitrogens with zero attached hydrogens (tertiary/aromatic N) is 7. The first-order valence-electron chi connectivity index (χ1n) is 10.4. The monoisotopic (exact) mass is 506 g/mol. The highest BCUT2D eigenvalue weighted by Gasteiger charge is 2.47. The van der Waals surface area contributed by atoms with Gasteiger partial charge in [-0.1, -0.05) is 18.2 Å². The highest BCUT2D eigenvalue weighted by molar-refractivity contribution is 6.01. The molecule has 0 saturated heterocycles. The molecule has 0 bridgehead atoms. The van der Waals surface area contributed by atoms with Crippen molar-refractivity contribution in [2.45, 2.75) is 6.04 Å². The SMILES string of the molecule is Cn1cc(C2C([N+](=O)[O-])=CC([N+](=O)[O-])=C3N=C(c4cc([N+](=O)[O-])cc([N+](=O)[O-])c4)NN32)c2ccccc21. The number of fused-ring (bicyclic) bond motifs is 2. The average Bonchev–Trinajstić information content (AvgIpc) is 3.44. The predicted octanol–water partition coefficient (Wildman–Crippen LogP) is 2.92. The topological polar surface area (TPSA) is 205 Å². The predicted molar refractivity (Wildman–Crippen MR) is 126 cm³/mol. The zero-order valence-electron chi connectivity index (χ0n) is 18.7. The second-order valence-electron chi connectivity index (χ2n) is 8.10. The van der Waals surface area contributed by atoms with E-state index in [1.165, 1.54) is 0 Å². The maximum absolute atomic E-state index is 12.1. The van der Waals surface area contributed by atoms with Crippen LogP contribution in [0.15, 0.2) is 76.9 Å². The van der Waals surface area contributed by atoms with Gasteiger partial charge >= 0.3 is 5.70 Å². The number of benzene rings is 2. The Bertz CT molecular complexity index is 1620. The van der Waals surface area contributed by atoms with Crippen LogP contribution in [-0.2, 0) is 7.05 Å². The largest absolute Gasteiger partial charge is 0.350 e. The lowest BCUT2D eigenvalue weighted by atomic mass is 9.99. The zero-order chi connectivity index (χ0) is 26.6. The van der Waals surface area contributed by atoms with Crippen LogP contribution in [0.3, 0.4) is 0 Å². The minimum Gasteiger partial charge on any atom is -0.350 e. The summed E-state index contributed by atoms with van der Waals surface area (Å²) in [4.78, 5) is 47.6. The molecule has 0 saturated carbocycles. The summed E-state index contributed by atoms with van der Waals surface area (Å²) in [5.41, 5.74) is 1.44. The van der Waals surface area contributed by atoms with Gasteiger partial charge in [0.1, 0.15) is 0 Å². The quantitative estimate of drug-likeness (QED) is 0.382. The number of aromatic nitrogens is 1.